The monoisotopic (exact) mass is 456 g/mol. The van der Waals surface area contributed by atoms with E-state index < -0.39 is 24.9 Å². The standard InChI is InChI=1S/C15H29IN4O2S/c1-3-11(2)22-9-8-19-15(21)13-10-23-16(20-13)12-4-5-14(17)18-7-6-12/h5-6,11,13,15,18-21H,3-4,7-10,17H2,1-2H3/t11?,13?,15-/m1/s1. The quantitative estimate of drug-likeness (QED) is 0.163. The Bertz CT molecular complexity index is 436. The van der Waals surface area contributed by atoms with E-state index in [1.54, 1.807) is 0 Å². The number of aliphatic hydroxyl groups excluding tert-OH is 1. The Balaban J connectivity index is 1.71. The Kier molecular flexibility index (Phi) is 8.48. The Morgan fingerprint density at radius 3 is 3.17 bits per heavy atom. The van der Waals surface area contributed by atoms with Gasteiger partial charge in [-0.05, 0) is 0 Å². The van der Waals surface area contributed by atoms with Crippen LogP contribution >= 0.6 is 27.6 Å². The molecule has 0 saturated carbocycles. The first-order valence-electron chi connectivity index (χ1n) is 8.11. The number of nitrogens with two attached hydrogens (primary N) is 1. The summed E-state index contributed by atoms with van der Waals surface area (Å²) in [4.78, 5) is 0. The van der Waals surface area contributed by atoms with E-state index in [0.29, 0.717) is 13.2 Å². The molecule has 2 aliphatic rings. The van der Waals surface area contributed by atoms with E-state index in [9.17, 15) is 5.11 Å². The van der Waals surface area contributed by atoms with Crippen LogP contribution in [-0.2, 0) is 4.74 Å². The molecule has 1 saturated heterocycles. The molecule has 0 aromatic rings. The molecule has 0 aliphatic carbocycles. The van der Waals surface area contributed by atoms with Crippen LogP contribution < -0.4 is 19.9 Å². The molecule has 8 heteroatoms. The van der Waals surface area contributed by atoms with Gasteiger partial charge in [0.25, 0.3) is 0 Å². The van der Waals surface area contributed by atoms with Crippen LogP contribution in [0.5, 0.6) is 0 Å². The van der Waals surface area contributed by atoms with Crippen molar-refractivity contribution in [2.24, 2.45) is 5.73 Å². The number of allylic oxidation sites excluding steroid dienone is 2. The van der Waals surface area contributed by atoms with E-state index in [1.807, 2.05) is 15.0 Å². The summed E-state index contributed by atoms with van der Waals surface area (Å²) in [5.41, 5.74) is 5.82. The van der Waals surface area contributed by atoms with Crippen molar-refractivity contribution < 1.29 is 9.84 Å². The van der Waals surface area contributed by atoms with Gasteiger partial charge in [-0.1, -0.05) is 0 Å². The molecule has 134 valence electrons. The average Bonchev–Trinajstić information content (AvgIpc) is 2.94. The van der Waals surface area contributed by atoms with Gasteiger partial charge in [-0.25, -0.2) is 0 Å². The second-order valence-corrected chi connectivity index (χ2v) is 13.5. The molecular formula is C15H29IN4O2S. The summed E-state index contributed by atoms with van der Waals surface area (Å²) in [5.74, 6) is 1.71. The van der Waals surface area contributed by atoms with Crippen LogP contribution in [0.2, 0.25) is 0 Å². The molecule has 0 bridgehead atoms. The molecule has 2 unspecified atom stereocenters. The van der Waals surface area contributed by atoms with Crippen LogP contribution in [0.4, 0.5) is 0 Å². The van der Waals surface area contributed by atoms with Crippen LogP contribution in [0, 0.1) is 0 Å². The van der Waals surface area contributed by atoms with Gasteiger partial charge in [0.05, 0.1) is 0 Å². The van der Waals surface area contributed by atoms with Crippen LogP contribution in [0.25, 0.3) is 0 Å². The van der Waals surface area contributed by atoms with Gasteiger partial charge in [0, 0.05) is 0 Å². The van der Waals surface area contributed by atoms with Gasteiger partial charge in [0.2, 0.25) is 0 Å². The van der Waals surface area contributed by atoms with Crippen LogP contribution in [0.1, 0.15) is 26.7 Å². The van der Waals surface area contributed by atoms with E-state index >= 15 is 0 Å². The number of nitrogens with one attached hydrogen (secondary N) is 3. The molecule has 6 N–H and O–H groups in total. The minimum atomic E-state index is -1.43. The van der Waals surface area contributed by atoms with Gasteiger partial charge in [0.1, 0.15) is 0 Å². The molecule has 2 heterocycles. The zero-order valence-corrected chi connectivity index (χ0v) is 16.8. The van der Waals surface area contributed by atoms with Crippen molar-refractivity contribution in [1.29, 1.82) is 0 Å². The normalized spacial score (nSPS) is 26.0. The Hall–Kier alpha value is -0.0000000000000000763. The predicted molar refractivity (Wildman–Crippen MR) is 106 cm³/mol. The molecule has 0 aromatic heterocycles. The molecule has 0 amide bonds. The van der Waals surface area contributed by atoms with Gasteiger partial charge in [-0.3, -0.25) is 0 Å². The van der Waals surface area contributed by atoms with E-state index in [2.05, 4.69) is 34.1 Å². The van der Waals surface area contributed by atoms with E-state index in [-0.39, 0.29) is 12.1 Å². The summed E-state index contributed by atoms with van der Waals surface area (Å²) in [6, 6.07) is 0.118. The first kappa shape index (κ1) is 19.3. The topological polar surface area (TPSA) is 91.6 Å². The summed E-state index contributed by atoms with van der Waals surface area (Å²) in [6.07, 6.45) is 6.00. The molecule has 6 nitrogen and oxygen atoms in total. The van der Waals surface area contributed by atoms with Crippen LogP contribution in [0.3, 0.4) is 0 Å². The average molecular weight is 456 g/mol. The van der Waals surface area contributed by atoms with Crippen molar-refractivity contribution in [3.05, 3.63) is 21.6 Å². The number of hydrogen-bond acceptors (Lipinski definition) is 7. The first-order valence-corrected chi connectivity index (χ1v) is 13.8. The van der Waals surface area contributed by atoms with Gasteiger partial charge in [0.15, 0.2) is 0 Å². The van der Waals surface area contributed by atoms with Crippen LogP contribution in [0.15, 0.2) is 21.6 Å². The van der Waals surface area contributed by atoms with Crippen molar-refractivity contribution in [1.82, 2.24) is 14.2 Å². The first-order chi connectivity index (χ1) is 11.1. The summed E-state index contributed by atoms with van der Waals surface area (Å²) in [5, 5.41) is 16.6. The number of halogens is 1. The molecular weight excluding hydrogens is 427 g/mol. The predicted octanol–water partition coefficient (Wildman–Crippen LogP) is 1.43. The third-order valence-corrected chi connectivity index (χ3v) is 12.9. The van der Waals surface area contributed by atoms with E-state index in [1.165, 1.54) is 3.58 Å². The van der Waals surface area contributed by atoms with Crippen LogP contribution in [-0.4, -0.2) is 48.9 Å². The van der Waals surface area contributed by atoms with Crippen molar-refractivity contribution in [2.45, 2.75) is 45.1 Å². The third-order valence-electron chi connectivity index (χ3n) is 3.77. The molecule has 1 fully saturated rings. The maximum absolute atomic E-state index is 10.3. The van der Waals surface area contributed by atoms with E-state index in [4.69, 9.17) is 10.5 Å². The number of rotatable bonds is 8. The van der Waals surface area contributed by atoms with Crippen molar-refractivity contribution >= 4 is 27.6 Å². The van der Waals surface area contributed by atoms with Gasteiger partial charge in [-0.15, -0.1) is 0 Å². The number of hydrogen-bond donors (Lipinski definition) is 5. The molecule has 0 spiro atoms. The summed E-state index contributed by atoms with van der Waals surface area (Å²) >= 11 is -1.43. The molecule has 0 aromatic carbocycles. The van der Waals surface area contributed by atoms with Crippen molar-refractivity contribution in [2.75, 3.05) is 25.4 Å². The summed E-state index contributed by atoms with van der Waals surface area (Å²) in [6.45, 7) is 6.29. The summed E-state index contributed by atoms with van der Waals surface area (Å²) < 4.78 is 10.8. The SMILES string of the molecule is CCC(C)OCCN[C@H](O)C1CSI(C2=CCNC(N)=CC2)N1. The number of ether oxygens (including phenoxy) is 1. The van der Waals surface area contributed by atoms with Crippen molar-refractivity contribution in [3.8, 4) is 0 Å². The fourth-order valence-corrected chi connectivity index (χ4v) is 11.7. The zero-order valence-electron chi connectivity index (χ0n) is 13.8. The van der Waals surface area contributed by atoms with E-state index in [0.717, 1.165) is 31.0 Å². The zero-order chi connectivity index (χ0) is 16.7. The fourth-order valence-electron chi connectivity index (χ4n) is 2.12. The van der Waals surface area contributed by atoms with Crippen molar-refractivity contribution in [3.63, 3.8) is 0 Å². The minimum absolute atomic E-state index is 0.118. The second kappa shape index (κ2) is 10.1. The molecule has 3 atom stereocenters. The molecule has 2 rings (SSSR count). The maximum atomic E-state index is 10.3. The molecule has 23 heavy (non-hydrogen) atoms. The van der Waals surface area contributed by atoms with Gasteiger partial charge in [-0.2, -0.15) is 0 Å². The fraction of sp³-hybridized carbons (Fsp3) is 0.733. The molecule has 0 radical (unpaired) electrons. The van der Waals surface area contributed by atoms with Gasteiger partial charge < -0.3 is 0 Å². The Morgan fingerprint density at radius 1 is 1.57 bits per heavy atom. The van der Waals surface area contributed by atoms with Gasteiger partial charge >= 0.3 is 149 Å². The molecule has 2 aliphatic heterocycles. The number of aliphatic hydroxyl groups is 1. The third kappa shape index (κ3) is 6.43. The Labute approximate surface area is 149 Å². The Morgan fingerprint density at radius 2 is 2.39 bits per heavy atom. The summed E-state index contributed by atoms with van der Waals surface area (Å²) in [7, 11) is 1.99. The second-order valence-electron chi connectivity index (χ2n) is 5.62.